The zero-order valence-corrected chi connectivity index (χ0v) is 20.6. The molecule has 3 rings (SSSR count). The van der Waals surface area contributed by atoms with E-state index in [2.05, 4.69) is 20.3 Å². The lowest BCUT2D eigenvalue weighted by Gasteiger charge is -2.38. The maximum Gasteiger partial charge on any atom is 0.522 e. The van der Waals surface area contributed by atoms with E-state index in [0.717, 1.165) is 0 Å². The fourth-order valence-electron chi connectivity index (χ4n) is 3.44. The molecule has 0 aliphatic carbocycles. The lowest BCUT2D eigenvalue weighted by atomic mass is 9.98. The Balaban J connectivity index is 1.68. The van der Waals surface area contributed by atoms with Crippen LogP contribution < -0.4 is 10.1 Å². The van der Waals surface area contributed by atoms with Crippen LogP contribution in [0.3, 0.4) is 0 Å². The number of hydrogen-bond donors (Lipinski definition) is 1. The monoisotopic (exact) mass is 534 g/mol. The average Bonchev–Trinajstić information content (AvgIpc) is 3.24. The molecule has 1 saturated heterocycles. The van der Waals surface area contributed by atoms with Gasteiger partial charge >= 0.3 is 18.5 Å². The third kappa shape index (κ3) is 8.26. The Bertz CT molecular complexity index is 1040. The van der Waals surface area contributed by atoms with Crippen LogP contribution in [-0.2, 0) is 9.47 Å². The zero-order valence-electron chi connectivity index (χ0n) is 19.8. The number of carbonyl (C=O) groups is 2. The van der Waals surface area contributed by atoms with Gasteiger partial charge in [-0.05, 0) is 57.9 Å². The topological polar surface area (TPSA) is 116 Å². The molecule has 1 aliphatic rings. The number of ether oxygens (including phenoxy) is 3. The van der Waals surface area contributed by atoms with Crippen LogP contribution in [0, 0.1) is 0 Å². The lowest BCUT2D eigenvalue weighted by molar-refractivity contribution is -0.325. The van der Waals surface area contributed by atoms with Gasteiger partial charge in [-0.2, -0.15) is 0 Å². The molecule has 198 valence electrons. The first kappa shape index (κ1) is 27.5. The van der Waals surface area contributed by atoms with E-state index in [9.17, 15) is 22.8 Å². The highest BCUT2D eigenvalue weighted by Gasteiger charge is 2.39. The smallest absolute Gasteiger partial charge is 0.447 e. The molecule has 1 N–H and O–H groups in total. The predicted molar refractivity (Wildman–Crippen MR) is 119 cm³/mol. The first-order valence-corrected chi connectivity index (χ1v) is 11.4. The molecule has 0 spiro atoms. The standard InChI is InChI=1S/C22H26ClF3N4O6/c1-21(2,3)36-20(32)30-12-15(27-17(31)13-4-6-14(23)7-5-13)8-9-16(30)18-28-29-19(35-18)33-10-11-34-22(24,25)26/h4-7,15-16H,8-12H2,1-3H3,(H,27,31)/t15?,16-/m0/s1. The molecular formula is C22H26ClF3N4O6. The summed E-state index contributed by atoms with van der Waals surface area (Å²) < 4.78 is 55.8. The number of halogens is 4. The van der Waals surface area contributed by atoms with Gasteiger partial charge in [0.15, 0.2) is 0 Å². The summed E-state index contributed by atoms with van der Waals surface area (Å²) in [5, 5.41) is 11.0. The maximum atomic E-state index is 13.0. The minimum Gasteiger partial charge on any atom is -0.447 e. The Kier molecular flexibility index (Phi) is 8.67. The molecule has 0 bridgehead atoms. The van der Waals surface area contributed by atoms with E-state index in [1.54, 1.807) is 45.0 Å². The Morgan fingerprint density at radius 1 is 1.14 bits per heavy atom. The van der Waals surface area contributed by atoms with Crippen molar-refractivity contribution in [3.05, 3.63) is 40.7 Å². The SMILES string of the molecule is CC(C)(C)OC(=O)N1CC(NC(=O)c2ccc(Cl)cc2)CC[C@H]1c1nnc(OCCOC(F)(F)F)o1. The molecule has 2 heterocycles. The van der Waals surface area contributed by atoms with Crippen molar-refractivity contribution in [2.24, 2.45) is 0 Å². The van der Waals surface area contributed by atoms with Crippen LogP contribution in [0.15, 0.2) is 28.7 Å². The van der Waals surface area contributed by atoms with Gasteiger partial charge in [0.1, 0.15) is 18.2 Å². The summed E-state index contributed by atoms with van der Waals surface area (Å²) in [7, 11) is 0. The van der Waals surface area contributed by atoms with Gasteiger partial charge < -0.3 is 19.2 Å². The number of carbonyl (C=O) groups excluding carboxylic acids is 2. The van der Waals surface area contributed by atoms with Crippen LogP contribution in [0.25, 0.3) is 0 Å². The third-order valence-corrected chi connectivity index (χ3v) is 5.19. The summed E-state index contributed by atoms with van der Waals surface area (Å²) in [4.78, 5) is 27.0. The molecule has 1 aliphatic heterocycles. The summed E-state index contributed by atoms with van der Waals surface area (Å²) in [6.07, 6.45) is -4.99. The summed E-state index contributed by atoms with van der Waals surface area (Å²) in [5.74, 6) is -0.302. The maximum absolute atomic E-state index is 13.0. The number of benzene rings is 1. The molecule has 10 nitrogen and oxygen atoms in total. The van der Waals surface area contributed by atoms with Crippen molar-refractivity contribution >= 4 is 23.6 Å². The van der Waals surface area contributed by atoms with Crippen molar-refractivity contribution in [3.63, 3.8) is 0 Å². The number of piperidine rings is 1. The van der Waals surface area contributed by atoms with Gasteiger partial charge in [-0.25, -0.2) is 4.79 Å². The first-order chi connectivity index (χ1) is 16.8. The number of alkyl halides is 3. The molecule has 2 amide bonds. The fourth-order valence-corrected chi connectivity index (χ4v) is 3.56. The van der Waals surface area contributed by atoms with E-state index in [4.69, 9.17) is 25.5 Å². The lowest BCUT2D eigenvalue weighted by Crippen LogP contribution is -2.52. The van der Waals surface area contributed by atoms with Gasteiger partial charge in [-0.1, -0.05) is 16.7 Å². The molecule has 14 heteroatoms. The molecule has 1 unspecified atom stereocenters. The second-order valence-electron chi connectivity index (χ2n) is 8.95. The third-order valence-electron chi connectivity index (χ3n) is 4.93. The quantitative estimate of drug-likeness (QED) is 0.516. The van der Waals surface area contributed by atoms with Gasteiger partial charge in [0.05, 0.1) is 6.61 Å². The molecule has 0 saturated carbocycles. The fraction of sp³-hybridized carbons (Fsp3) is 0.545. The minimum absolute atomic E-state index is 0.0232. The molecule has 1 fully saturated rings. The summed E-state index contributed by atoms with van der Waals surface area (Å²) in [6, 6.07) is 5.30. The van der Waals surface area contributed by atoms with E-state index in [1.807, 2.05) is 0 Å². The van der Waals surface area contributed by atoms with Gasteiger partial charge in [-0.3, -0.25) is 14.4 Å². The second kappa shape index (κ2) is 11.3. The molecule has 36 heavy (non-hydrogen) atoms. The number of hydrogen-bond acceptors (Lipinski definition) is 8. The van der Waals surface area contributed by atoms with Crippen molar-refractivity contribution in [2.75, 3.05) is 19.8 Å². The Hall–Kier alpha value is -3.06. The zero-order chi connectivity index (χ0) is 26.5. The van der Waals surface area contributed by atoms with Crippen molar-refractivity contribution in [1.29, 1.82) is 0 Å². The largest absolute Gasteiger partial charge is 0.522 e. The van der Waals surface area contributed by atoms with E-state index < -0.39 is 43.4 Å². The first-order valence-electron chi connectivity index (χ1n) is 11.0. The summed E-state index contributed by atoms with van der Waals surface area (Å²) in [5.41, 5.74) is -0.374. The Morgan fingerprint density at radius 3 is 2.47 bits per heavy atom. The van der Waals surface area contributed by atoms with Crippen LogP contribution in [0.2, 0.25) is 5.02 Å². The van der Waals surface area contributed by atoms with E-state index in [-0.39, 0.29) is 24.4 Å². The molecule has 1 aromatic carbocycles. The molecule has 2 aromatic rings. The number of amides is 2. The van der Waals surface area contributed by atoms with Gasteiger partial charge in [-0.15, -0.1) is 18.3 Å². The number of likely N-dealkylation sites (tertiary alicyclic amines) is 1. The van der Waals surface area contributed by atoms with Crippen LogP contribution >= 0.6 is 11.6 Å². The second-order valence-corrected chi connectivity index (χ2v) is 9.39. The van der Waals surface area contributed by atoms with Gasteiger partial charge in [0.2, 0.25) is 5.89 Å². The van der Waals surface area contributed by atoms with E-state index in [1.165, 1.54) is 4.90 Å². The summed E-state index contributed by atoms with van der Waals surface area (Å²) in [6.45, 7) is 4.00. The van der Waals surface area contributed by atoms with Gasteiger partial charge in [0.25, 0.3) is 5.91 Å². The molecule has 2 atom stereocenters. The Labute approximate surface area is 210 Å². The summed E-state index contributed by atoms with van der Waals surface area (Å²) >= 11 is 5.87. The van der Waals surface area contributed by atoms with Crippen LogP contribution in [0.5, 0.6) is 6.08 Å². The van der Waals surface area contributed by atoms with Crippen LogP contribution in [0.1, 0.15) is 55.9 Å². The molecule has 1 aromatic heterocycles. The molecule has 0 radical (unpaired) electrons. The highest BCUT2D eigenvalue weighted by atomic mass is 35.5. The number of rotatable bonds is 7. The number of aromatic nitrogens is 2. The van der Waals surface area contributed by atoms with Crippen molar-refractivity contribution in [1.82, 2.24) is 20.4 Å². The van der Waals surface area contributed by atoms with Crippen LogP contribution in [-0.4, -0.2) is 64.9 Å². The van der Waals surface area contributed by atoms with Gasteiger partial charge in [0, 0.05) is 23.2 Å². The highest BCUT2D eigenvalue weighted by Crippen LogP contribution is 2.33. The average molecular weight is 535 g/mol. The van der Waals surface area contributed by atoms with Crippen molar-refractivity contribution < 1.29 is 41.4 Å². The predicted octanol–water partition coefficient (Wildman–Crippen LogP) is 4.51. The molecular weight excluding hydrogens is 509 g/mol. The van der Waals surface area contributed by atoms with Crippen molar-refractivity contribution in [3.8, 4) is 6.08 Å². The van der Waals surface area contributed by atoms with E-state index >= 15 is 0 Å². The number of nitrogens with zero attached hydrogens (tertiary/aromatic N) is 3. The minimum atomic E-state index is -4.78. The van der Waals surface area contributed by atoms with Crippen molar-refractivity contribution in [2.45, 2.75) is 57.7 Å². The van der Waals surface area contributed by atoms with E-state index in [0.29, 0.717) is 23.4 Å². The number of nitrogens with one attached hydrogen (secondary N) is 1. The van der Waals surface area contributed by atoms with Crippen LogP contribution in [0.4, 0.5) is 18.0 Å². The Morgan fingerprint density at radius 2 is 1.83 bits per heavy atom. The normalized spacial score (nSPS) is 18.6. The highest BCUT2D eigenvalue weighted by molar-refractivity contribution is 6.30.